The zero-order chi connectivity index (χ0) is 15.8. The van der Waals surface area contributed by atoms with Crippen LogP contribution in [0.15, 0.2) is 48.5 Å². The quantitative estimate of drug-likeness (QED) is 0.755. The summed E-state index contributed by atoms with van der Waals surface area (Å²) in [5, 5.41) is 1.05. The van der Waals surface area contributed by atoms with Gasteiger partial charge in [0, 0.05) is 11.2 Å². The molecule has 1 atom stereocenters. The van der Waals surface area contributed by atoms with Gasteiger partial charge in [0.15, 0.2) is 11.5 Å². The Balaban J connectivity index is 1.82. The van der Waals surface area contributed by atoms with Gasteiger partial charge in [0.2, 0.25) is 6.79 Å². The van der Waals surface area contributed by atoms with Crippen molar-refractivity contribution >= 4 is 16.9 Å². The van der Waals surface area contributed by atoms with Crippen LogP contribution in [-0.2, 0) is 9.53 Å². The number of carbonyl (C=O) groups is 1. The van der Waals surface area contributed by atoms with Crippen molar-refractivity contribution in [2.75, 3.05) is 13.9 Å². The summed E-state index contributed by atoms with van der Waals surface area (Å²) < 4.78 is 15.7. The minimum absolute atomic E-state index is 0.202. The summed E-state index contributed by atoms with van der Waals surface area (Å²) in [6, 6.07) is 15.4. The van der Waals surface area contributed by atoms with Gasteiger partial charge >= 0.3 is 5.97 Å². The second-order valence-electron chi connectivity index (χ2n) is 5.38. The number of nitrogens with one attached hydrogen (secondary N) is 1. The van der Waals surface area contributed by atoms with Crippen LogP contribution in [-0.4, -0.2) is 24.9 Å². The van der Waals surface area contributed by atoms with Gasteiger partial charge in [-0.25, -0.2) is 0 Å². The van der Waals surface area contributed by atoms with E-state index in [0.29, 0.717) is 11.5 Å². The number of methoxy groups -OCH3 is 1. The number of aromatic amines is 1. The number of rotatable bonds is 3. The van der Waals surface area contributed by atoms with E-state index in [1.807, 2.05) is 48.5 Å². The predicted molar refractivity (Wildman–Crippen MR) is 84.7 cm³/mol. The first-order valence-corrected chi connectivity index (χ1v) is 7.31. The molecular formula is C18H15NO4. The first-order valence-electron chi connectivity index (χ1n) is 7.31. The van der Waals surface area contributed by atoms with E-state index in [2.05, 4.69) is 4.98 Å². The number of para-hydroxylation sites is 1. The molecule has 2 heterocycles. The lowest BCUT2D eigenvalue weighted by atomic mass is 9.95. The average molecular weight is 309 g/mol. The Morgan fingerprint density at radius 3 is 2.78 bits per heavy atom. The fourth-order valence-electron chi connectivity index (χ4n) is 2.90. The van der Waals surface area contributed by atoms with Crippen LogP contribution in [0.1, 0.15) is 17.2 Å². The molecule has 1 aliphatic rings. The molecule has 2 aromatic carbocycles. The molecule has 0 bridgehead atoms. The maximum Gasteiger partial charge on any atom is 0.319 e. The van der Waals surface area contributed by atoms with E-state index in [-0.39, 0.29) is 12.8 Å². The molecule has 0 fully saturated rings. The van der Waals surface area contributed by atoms with Crippen molar-refractivity contribution in [2.24, 2.45) is 0 Å². The molecule has 0 saturated heterocycles. The number of hydrogen-bond donors (Lipinski definition) is 1. The lowest BCUT2D eigenvalue weighted by molar-refractivity contribution is -0.141. The molecule has 3 aromatic rings. The molecule has 0 aliphatic carbocycles. The van der Waals surface area contributed by atoms with Crippen LogP contribution >= 0.6 is 0 Å². The standard InChI is InChI=1S/C18H15NO4/c1-21-18(20)17(12-6-7-15-16(9-12)23-10-22-15)14-8-11-4-2-3-5-13(11)19-14/h2-9,17,19H,10H2,1H3. The highest BCUT2D eigenvalue weighted by Gasteiger charge is 2.27. The second-order valence-corrected chi connectivity index (χ2v) is 5.38. The van der Waals surface area contributed by atoms with Crippen molar-refractivity contribution in [3.05, 3.63) is 59.8 Å². The molecule has 0 spiro atoms. The van der Waals surface area contributed by atoms with Crippen molar-refractivity contribution in [1.82, 2.24) is 4.98 Å². The van der Waals surface area contributed by atoms with Crippen molar-refractivity contribution in [3.63, 3.8) is 0 Å². The van der Waals surface area contributed by atoms with Crippen LogP contribution in [0.4, 0.5) is 0 Å². The molecule has 116 valence electrons. The molecule has 23 heavy (non-hydrogen) atoms. The highest BCUT2D eigenvalue weighted by atomic mass is 16.7. The fourth-order valence-corrected chi connectivity index (χ4v) is 2.90. The zero-order valence-electron chi connectivity index (χ0n) is 12.5. The van der Waals surface area contributed by atoms with Crippen LogP contribution in [0, 0.1) is 0 Å². The van der Waals surface area contributed by atoms with Crippen LogP contribution < -0.4 is 9.47 Å². The highest BCUT2D eigenvalue weighted by Crippen LogP contribution is 2.37. The molecule has 0 saturated carbocycles. The molecular weight excluding hydrogens is 294 g/mol. The minimum atomic E-state index is -0.540. The number of H-pyrrole nitrogens is 1. The van der Waals surface area contributed by atoms with Gasteiger partial charge in [0.25, 0.3) is 0 Å². The van der Waals surface area contributed by atoms with E-state index in [1.165, 1.54) is 7.11 Å². The van der Waals surface area contributed by atoms with E-state index in [9.17, 15) is 4.79 Å². The van der Waals surface area contributed by atoms with Gasteiger partial charge in [-0.1, -0.05) is 24.3 Å². The van der Waals surface area contributed by atoms with Crippen molar-refractivity contribution in [1.29, 1.82) is 0 Å². The first-order chi connectivity index (χ1) is 11.3. The number of carbonyl (C=O) groups excluding carboxylic acids is 1. The Morgan fingerprint density at radius 2 is 1.96 bits per heavy atom. The summed E-state index contributed by atoms with van der Waals surface area (Å²) in [6.07, 6.45) is 0. The third kappa shape index (κ3) is 2.30. The molecule has 5 heteroatoms. The maximum absolute atomic E-state index is 12.4. The van der Waals surface area contributed by atoms with Gasteiger partial charge in [-0.3, -0.25) is 4.79 Å². The molecule has 1 aromatic heterocycles. The van der Waals surface area contributed by atoms with Gasteiger partial charge in [0.1, 0.15) is 5.92 Å². The zero-order valence-corrected chi connectivity index (χ0v) is 12.5. The summed E-state index contributed by atoms with van der Waals surface area (Å²) in [5.41, 5.74) is 2.57. The summed E-state index contributed by atoms with van der Waals surface area (Å²) in [5.74, 6) is 0.471. The Bertz CT molecular complexity index is 851. The van der Waals surface area contributed by atoms with Gasteiger partial charge in [-0.2, -0.15) is 0 Å². The molecule has 5 nitrogen and oxygen atoms in total. The normalized spacial score (nSPS) is 14.0. The summed E-state index contributed by atoms with van der Waals surface area (Å²) in [4.78, 5) is 15.7. The monoisotopic (exact) mass is 309 g/mol. The molecule has 0 amide bonds. The van der Waals surface area contributed by atoms with Gasteiger partial charge < -0.3 is 19.2 Å². The summed E-state index contributed by atoms with van der Waals surface area (Å²) in [6.45, 7) is 0.202. The fraction of sp³-hybridized carbons (Fsp3) is 0.167. The number of ether oxygens (including phenoxy) is 3. The summed E-state index contributed by atoms with van der Waals surface area (Å²) >= 11 is 0. The predicted octanol–water partition coefficient (Wildman–Crippen LogP) is 3.20. The van der Waals surface area contributed by atoms with E-state index in [1.54, 1.807) is 0 Å². The van der Waals surface area contributed by atoms with Crippen LogP contribution in [0.2, 0.25) is 0 Å². The lowest BCUT2D eigenvalue weighted by Gasteiger charge is -2.14. The summed E-state index contributed by atoms with van der Waals surface area (Å²) in [7, 11) is 1.39. The van der Waals surface area contributed by atoms with Crippen molar-refractivity contribution < 1.29 is 19.0 Å². The first kappa shape index (κ1) is 13.7. The van der Waals surface area contributed by atoms with Crippen LogP contribution in [0.5, 0.6) is 11.5 Å². The van der Waals surface area contributed by atoms with Crippen LogP contribution in [0.3, 0.4) is 0 Å². The highest BCUT2D eigenvalue weighted by molar-refractivity contribution is 5.86. The number of esters is 1. The number of benzene rings is 2. The Hall–Kier alpha value is -2.95. The number of hydrogen-bond acceptors (Lipinski definition) is 4. The van der Waals surface area contributed by atoms with E-state index < -0.39 is 5.92 Å². The Labute approximate surface area is 132 Å². The largest absolute Gasteiger partial charge is 0.468 e. The van der Waals surface area contributed by atoms with Crippen molar-refractivity contribution in [2.45, 2.75) is 5.92 Å². The average Bonchev–Trinajstić information content (AvgIpc) is 3.20. The number of aromatic nitrogens is 1. The molecule has 4 rings (SSSR count). The van der Waals surface area contributed by atoms with Crippen LogP contribution in [0.25, 0.3) is 10.9 Å². The molecule has 1 N–H and O–H groups in total. The van der Waals surface area contributed by atoms with E-state index in [0.717, 1.165) is 22.2 Å². The SMILES string of the molecule is COC(=O)C(c1ccc2c(c1)OCO2)c1cc2ccccc2[nH]1. The number of fused-ring (bicyclic) bond motifs is 2. The molecule has 1 unspecified atom stereocenters. The Morgan fingerprint density at radius 1 is 1.13 bits per heavy atom. The minimum Gasteiger partial charge on any atom is -0.468 e. The van der Waals surface area contributed by atoms with Gasteiger partial charge in [-0.05, 0) is 35.2 Å². The second kappa shape index (κ2) is 5.35. The van der Waals surface area contributed by atoms with Gasteiger partial charge in [-0.15, -0.1) is 0 Å². The topological polar surface area (TPSA) is 60.6 Å². The maximum atomic E-state index is 12.4. The van der Waals surface area contributed by atoms with E-state index >= 15 is 0 Å². The van der Waals surface area contributed by atoms with E-state index in [4.69, 9.17) is 14.2 Å². The Kier molecular flexibility index (Phi) is 3.19. The smallest absolute Gasteiger partial charge is 0.319 e. The third-order valence-electron chi connectivity index (χ3n) is 4.03. The van der Waals surface area contributed by atoms with Gasteiger partial charge in [0.05, 0.1) is 7.11 Å². The van der Waals surface area contributed by atoms with Crippen molar-refractivity contribution in [3.8, 4) is 11.5 Å². The molecule has 1 aliphatic heterocycles. The third-order valence-corrected chi connectivity index (χ3v) is 4.03. The molecule has 0 radical (unpaired) electrons. The lowest BCUT2D eigenvalue weighted by Crippen LogP contribution is -2.16.